The quantitative estimate of drug-likeness (QED) is 0.793. The summed E-state index contributed by atoms with van der Waals surface area (Å²) in [5, 5.41) is 3.11. The zero-order valence-corrected chi connectivity index (χ0v) is 15.9. The minimum atomic E-state index is 0.0820. The van der Waals surface area contributed by atoms with Crippen LogP contribution in [0.5, 0.6) is 0 Å². The first-order valence-electron chi connectivity index (χ1n) is 10.3. The smallest absolute Gasteiger partial charge is 0.317 e. The fourth-order valence-electron chi connectivity index (χ4n) is 4.07. The molecule has 0 aromatic carbocycles. The summed E-state index contributed by atoms with van der Waals surface area (Å²) in [6.07, 6.45) is 13.2. The predicted molar refractivity (Wildman–Crippen MR) is 103 cm³/mol. The van der Waals surface area contributed by atoms with Crippen LogP contribution in [0.15, 0.2) is 18.6 Å². The van der Waals surface area contributed by atoms with E-state index in [2.05, 4.69) is 20.2 Å². The van der Waals surface area contributed by atoms with Gasteiger partial charge in [-0.3, -0.25) is 0 Å². The number of nitrogens with one attached hydrogen (secondary N) is 1. The van der Waals surface area contributed by atoms with E-state index in [0.717, 1.165) is 44.6 Å². The van der Waals surface area contributed by atoms with E-state index in [1.54, 1.807) is 12.5 Å². The molecule has 2 aliphatic rings. The van der Waals surface area contributed by atoms with Crippen molar-refractivity contribution < 1.29 is 4.79 Å². The normalized spacial score (nSPS) is 22.0. The van der Waals surface area contributed by atoms with Crippen LogP contribution >= 0.6 is 0 Å². The number of piperidine rings is 1. The highest BCUT2D eigenvalue weighted by Crippen LogP contribution is 2.24. The van der Waals surface area contributed by atoms with Gasteiger partial charge in [0, 0.05) is 37.4 Å². The summed E-state index contributed by atoms with van der Waals surface area (Å²) in [6, 6.07) is 2.05. The zero-order valence-electron chi connectivity index (χ0n) is 15.9. The van der Waals surface area contributed by atoms with E-state index < -0.39 is 0 Å². The van der Waals surface area contributed by atoms with Gasteiger partial charge in [-0.1, -0.05) is 12.8 Å². The third-order valence-corrected chi connectivity index (χ3v) is 5.61. The summed E-state index contributed by atoms with van der Waals surface area (Å²) in [6.45, 7) is 6.07. The van der Waals surface area contributed by atoms with Crippen molar-refractivity contribution in [1.29, 1.82) is 0 Å². The summed E-state index contributed by atoms with van der Waals surface area (Å²) in [5.74, 6) is 0.334. The lowest BCUT2D eigenvalue weighted by Gasteiger charge is -2.32. The van der Waals surface area contributed by atoms with E-state index in [9.17, 15) is 4.79 Å². The molecule has 2 aliphatic heterocycles. The van der Waals surface area contributed by atoms with Crippen LogP contribution in [0.2, 0.25) is 0 Å². The fraction of sp³-hybridized carbons (Fsp3) is 0.750. The van der Waals surface area contributed by atoms with Crippen LogP contribution < -0.4 is 5.32 Å². The number of nitrogens with zero attached hydrogens (tertiary/aromatic N) is 4. The van der Waals surface area contributed by atoms with E-state index in [1.165, 1.54) is 51.7 Å². The Balaban J connectivity index is 1.33. The van der Waals surface area contributed by atoms with Crippen molar-refractivity contribution >= 4 is 6.03 Å². The fourth-order valence-corrected chi connectivity index (χ4v) is 4.07. The molecule has 2 saturated heterocycles. The highest BCUT2D eigenvalue weighted by atomic mass is 16.2. The van der Waals surface area contributed by atoms with Gasteiger partial charge < -0.3 is 15.1 Å². The van der Waals surface area contributed by atoms with E-state index in [4.69, 9.17) is 0 Å². The van der Waals surface area contributed by atoms with Crippen molar-refractivity contribution in [3.05, 3.63) is 24.3 Å². The SMILES string of the molecule is O=C(NCCCCN1CCCCCC1)N1CCC[C@@H](c2ccncn2)C1. The van der Waals surface area contributed by atoms with Crippen LogP contribution in [0.1, 0.15) is 63.0 Å². The van der Waals surface area contributed by atoms with E-state index in [0.29, 0.717) is 5.92 Å². The maximum atomic E-state index is 12.5. The topological polar surface area (TPSA) is 61.4 Å². The van der Waals surface area contributed by atoms with Gasteiger partial charge in [0.05, 0.1) is 0 Å². The lowest BCUT2D eigenvalue weighted by atomic mass is 9.95. The predicted octanol–water partition coefficient (Wildman–Crippen LogP) is 3.02. The second-order valence-electron chi connectivity index (χ2n) is 7.61. The van der Waals surface area contributed by atoms with Crippen LogP contribution in [0.25, 0.3) is 0 Å². The third kappa shape index (κ3) is 5.94. The number of rotatable bonds is 6. The second kappa shape index (κ2) is 10.5. The summed E-state index contributed by atoms with van der Waals surface area (Å²) in [5.41, 5.74) is 1.05. The van der Waals surface area contributed by atoms with Crippen molar-refractivity contribution in [2.45, 2.75) is 57.3 Å². The Morgan fingerprint density at radius 1 is 1.12 bits per heavy atom. The molecule has 6 nitrogen and oxygen atoms in total. The minimum Gasteiger partial charge on any atom is -0.338 e. The number of unbranched alkanes of at least 4 members (excludes halogenated alkanes) is 1. The first-order chi connectivity index (χ1) is 12.8. The molecule has 0 spiro atoms. The Morgan fingerprint density at radius 2 is 1.96 bits per heavy atom. The molecule has 0 aliphatic carbocycles. The molecule has 2 amide bonds. The molecular weight excluding hydrogens is 326 g/mol. The minimum absolute atomic E-state index is 0.0820. The molecule has 1 N–H and O–H groups in total. The maximum Gasteiger partial charge on any atom is 0.317 e. The van der Waals surface area contributed by atoms with E-state index >= 15 is 0 Å². The van der Waals surface area contributed by atoms with Crippen LogP contribution in [0, 0.1) is 0 Å². The molecule has 144 valence electrons. The first kappa shape index (κ1) is 19.1. The summed E-state index contributed by atoms with van der Waals surface area (Å²) in [7, 11) is 0. The Labute approximate surface area is 157 Å². The second-order valence-corrected chi connectivity index (χ2v) is 7.61. The Bertz CT molecular complexity index is 530. The molecule has 0 saturated carbocycles. The molecule has 1 aromatic heterocycles. The highest BCUT2D eigenvalue weighted by Gasteiger charge is 2.25. The lowest BCUT2D eigenvalue weighted by Crippen LogP contribution is -2.45. The van der Waals surface area contributed by atoms with Gasteiger partial charge in [0.2, 0.25) is 0 Å². The summed E-state index contributed by atoms with van der Waals surface area (Å²) < 4.78 is 0. The number of likely N-dealkylation sites (tertiary alicyclic amines) is 2. The molecular formula is C20H33N5O. The van der Waals surface area contributed by atoms with Gasteiger partial charge in [-0.05, 0) is 64.2 Å². The van der Waals surface area contributed by atoms with Gasteiger partial charge in [0.15, 0.2) is 0 Å². The van der Waals surface area contributed by atoms with Crippen LogP contribution in [-0.2, 0) is 0 Å². The maximum absolute atomic E-state index is 12.5. The molecule has 2 fully saturated rings. The average Bonchev–Trinajstić information content (AvgIpc) is 2.97. The van der Waals surface area contributed by atoms with Crippen LogP contribution in [0.3, 0.4) is 0 Å². The number of hydrogen-bond acceptors (Lipinski definition) is 4. The largest absolute Gasteiger partial charge is 0.338 e. The molecule has 1 atom stereocenters. The lowest BCUT2D eigenvalue weighted by molar-refractivity contribution is 0.178. The molecule has 26 heavy (non-hydrogen) atoms. The number of urea groups is 1. The van der Waals surface area contributed by atoms with Gasteiger partial charge in [-0.2, -0.15) is 0 Å². The highest BCUT2D eigenvalue weighted by molar-refractivity contribution is 5.74. The third-order valence-electron chi connectivity index (χ3n) is 5.61. The number of hydrogen-bond donors (Lipinski definition) is 1. The van der Waals surface area contributed by atoms with E-state index in [-0.39, 0.29) is 6.03 Å². The summed E-state index contributed by atoms with van der Waals surface area (Å²) in [4.78, 5) is 25.3. The number of carbonyl (C=O) groups excluding carboxylic acids is 1. The number of aromatic nitrogens is 2. The van der Waals surface area contributed by atoms with Gasteiger partial charge in [-0.15, -0.1) is 0 Å². The molecule has 0 bridgehead atoms. The molecule has 3 heterocycles. The average molecular weight is 360 g/mol. The van der Waals surface area contributed by atoms with Crippen molar-refractivity contribution in [1.82, 2.24) is 25.1 Å². The van der Waals surface area contributed by atoms with Gasteiger partial charge >= 0.3 is 6.03 Å². The number of amides is 2. The Hall–Kier alpha value is -1.69. The van der Waals surface area contributed by atoms with Crippen LogP contribution in [0.4, 0.5) is 4.79 Å². The zero-order chi connectivity index (χ0) is 18.0. The Morgan fingerprint density at radius 3 is 2.73 bits per heavy atom. The van der Waals surface area contributed by atoms with Gasteiger partial charge in [0.1, 0.15) is 6.33 Å². The van der Waals surface area contributed by atoms with Crippen molar-refractivity contribution in [2.75, 3.05) is 39.3 Å². The molecule has 0 radical (unpaired) electrons. The molecule has 1 aromatic rings. The molecule has 3 rings (SSSR count). The van der Waals surface area contributed by atoms with Gasteiger partial charge in [-0.25, -0.2) is 14.8 Å². The number of carbonyl (C=O) groups is 1. The van der Waals surface area contributed by atoms with E-state index in [1.807, 2.05) is 11.0 Å². The summed E-state index contributed by atoms with van der Waals surface area (Å²) >= 11 is 0. The van der Waals surface area contributed by atoms with Crippen molar-refractivity contribution in [2.24, 2.45) is 0 Å². The van der Waals surface area contributed by atoms with Crippen LogP contribution in [-0.4, -0.2) is 65.1 Å². The van der Waals surface area contributed by atoms with Crippen molar-refractivity contribution in [3.63, 3.8) is 0 Å². The Kier molecular flexibility index (Phi) is 7.67. The molecule has 0 unspecified atom stereocenters. The monoisotopic (exact) mass is 359 g/mol. The standard InChI is InChI=1S/C20H33N5O/c26-20(22-10-3-6-14-24-12-4-1-2-5-13-24)25-15-7-8-18(16-25)19-9-11-21-17-23-19/h9,11,17-18H,1-8,10,12-16H2,(H,22,26)/t18-/m1/s1. The van der Waals surface area contributed by atoms with Gasteiger partial charge in [0.25, 0.3) is 0 Å². The van der Waals surface area contributed by atoms with Crippen molar-refractivity contribution in [3.8, 4) is 0 Å². The first-order valence-corrected chi connectivity index (χ1v) is 10.3. The molecule has 6 heteroatoms.